The van der Waals surface area contributed by atoms with E-state index >= 15 is 0 Å². The van der Waals surface area contributed by atoms with Crippen LogP contribution in [-0.4, -0.2) is 36.7 Å². The van der Waals surface area contributed by atoms with Gasteiger partial charge in [0.2, 0.25) is 0 Å². The minimum Gasteiger partial charge on any atom is -0.467 e. The number of amides is 1. The van der Waals surface area contributed by atoms with Crippen LogP contribution in [0.3, 0.4) is 0 Å². The summed E-state index contributed by atoms with van der Waals surface area (Å²) in [7, 11) is 1.17. The Kier molecular flexibility index (Phi) is 4.51. The molecule has 6 nitrogen and oxygen atoms in total. The first-order valence-electron chi connectivity index (χ1n) is 6.90. The lowest BCUT2D eigenvalue weighted by Gasteiger charge is -2.08. The van der Waals surface area contributed by atoms with Crippen molar-refractivity contribution in [2.24, 2.45) is 0 Å². The molecule has 0 unspecified atom stereocenters. The van der Waals surface area contributed by atoms with Gasteiger partial charge in [-0.1, -0.05) is 12.1 Å². The molecule has 0 aliphatic carbocycles. The van der Waals surface area contributed by atoms with E-state index in [1.807, 2.05) is 32.9 Å². The fourth-order valence-electron chi connectivity index (χ4n) is 2.38. The van der Waals surface area contributed by atoms with Crippen molar-refractivity contribution in [1.29, 1.82) is 0 Å². The average molecular weight is 305 g/mol. The van der Waals surface area contributed by atoms with E-state index in [1.54, 1.807) is 0 Å². The number of carbonyl (C=O) groups is 2. The van der Waals surface area contributed by atoms with E-state index < -0.39 is 18.0 Å². The predicted molar refractivity (Wildman–Crippen MR) is 80.8 cm³/mol. The number of carbonyl (C=O) groups excluding carboxylic acids is 2. The molecule has 0 aliphatic rings. The van der Waals surface area contributed by atoms with E-state index in [4.69, 9.17) is 4.42 Å². The molecule has 0 spiro atoms. The van der Waals surface area contributed by atoms with Crippen molar-refractivity contribution < 1.29 is 23.8 Å². The lowest BCUT2D eigenvalue weighted by atomic mass is 10.0. The van der Waals surface area contributed by atoms with Crippen molar-refractivity contribution in [3.63, 3.8) is 0 Å². The molecule has 1 aromatic heterocycles. The minimum absolute atomic E-state index is 0.185. The second-order valence-corrected chi connectivity index (χ2v) is 5.21. The Balaban J connectivity index is 2.26. The maximum Gasteiger partial charge on any atom is 0.336 e. The number of benzene rings is 1. The summed E-state index contributed by atoms with van der Waals surface area (Å²) in [5, 5.41) is 12.9. The summed E-state index contributed by atoms with van der Waals surface area (Å²) in [6.45, 7) is 5.43. The number of ether oxygens (including phenoxy) is 1. The summed E-state index contributed by atoms with van der Waals surface area (Å²) in [4.78, 5) is 23.3. The minimum atomic E-state index is -1.40. The maximum absolute atomic E-state index is 12.2. The van der Waals surface area contributed by atoms with Crippen LogP contribution in [0.25, 0.3) is 11.0 Å². The number of aliphatic hydroxyl groups excluding tert-OH is 1. The van der Waals surface area contributed by atoms with Gasteiger partial charge in [0.05, 0.1) is 13.7 Å². The van der Waals surface area contributed by atoms with Gasteiger partial charge in [-0.25, -0.2) is 4.79 Å². The third-order valence-electron chi connectivity index (χ3n) is 3.62. The number of aliphatic hydroxyl groups is 1. The van der Waals surface area contributed by atoms with Crippen LogP contribution in [0.15, 0.2) is 16.5 Å². The Morgan fingerprint density at radius 3 is 2.50 bits per heavy atom. The lowest BCUT2D eigenvalue weighted by Crippen LogP contribution is -2.37. The van der Waals surface area contributed by atoms with Gasteiger partial charge < -0.3 is 19.6 Å². The van der Waals surface area contributed by atoms with Crippen LogP contribution in [0.2, 0.25) is 0 Å². The third kappa shape index (κ3) is 2.82. The molecule has 0 radical (unpaired) electrons. The average Bonchev–Trinajstić information content (AvgIpc) is 2.86. The highest BCUT2D eigenvalue weighted by Crippen LogP contribution is 2.30. The molecule has 2 aromatic rings. The Morgan fingerprint density at radius 1 is 1.27 bits per heavy atom. The highest BCUT2D eigenvalue weighted by atomic mass is 16.5. The van der Waals surface area contributed by atoms with Crippen LogP contribution >= 0.6 is 0 Å². The molecule has 0 saturated heterocycles. The first kappa shape index (κ1) is 16.0. The fraction of sp³-hybridized carbons (Fsp3) is 0.375. The molecule has 118 valence electrons. The third-order valence-corrected chi connectivity index (χ3v) is 3.62. The number of rotatable bonds is 4. The number of furan rings is 1. The molecule has 6 heteroatoms. The van der Waals surface area contributed by atoms with E-state index in [-0.39, 0.29) is 12.3 Å². The van der Waals surface area contributed by atoms with E-state index in [9.17, 15) is 14.7 Å². The lowest BCUT2D eigenvalue weighted by molar-refractivity contribution is -0.149. The molecular formula is C16H19NO5. The van der Waals surface area contributed by atoms with Crippen LogP contribution in [0.4, 0.5) is 0 Å². The van der Waals surface area contributed by atoms with Gasteiger partial charge in [-0.05, 0) is 31.9 Å². The molecule has 1 heterocycles. The zero-order valence-corrected chi connectivity index (χ0v) is 13.0. The molecule has 1 aromatic carbocycles. The van der Waals surface area contributed by atoms with E-state index in [2.05, 4.69) is 10.1 Å². The molecule has 2 rings (SSSR count). The van der Waals surface area contributed by atoms with Crippen LogP contribution < -0.4 is 5.32 Å². The van der Waals surface area contributed by atoms with Crippen molar-refractivity contribution in [2.45, 2.75) is 26.9 Å². The Bertz CT molecular complexity index is 732. The number of nitrogens with one attached hydrogen (secondary N) is 1. The van der Waals surface area contributed by atoms with E-state index in [0.717, 1.165) is 22.1 Å². The second-order valence-electron chi connectivity index (χ2n) is 5.21. The van der Waals surface area contributed by atoms with Gasteiger partial charge in [0.15, 0.2) is 11.9 Å². The van der Waals surface area contributed by atoms with Crippen molar-refractivity contribution in [3.05, 3.63) is 34.6 Å². The number of methoxy groups -OCH3 is 1. The van der Waals surface area contributed by atoms with Crippen molar-refractivity contribution in [3.8, 4) is 0 Å². The quantitative estimate of drug-likeness (QED) is 0.838. The molecule has 0 aliphatic heterocycles. The summed E-state index contributed by atoms with van der Waals surface area (Å²) in [5.74, 6) is -1.09. The predicted octanol–water partition coefficient (Wildman–Crippen LogP) is 1.62. The Hall–Kier alpha value is -2.34. The smallest absolute Gasteiger partial charge is 0.336 e. The number of hydrogen-bond acceptors (Lipinski definition) is 5. The molecule has 0 bridgehead atoms. The highest BCUT2D eigenvalue weighted by Gasteiger charge is 2.22. The first-order chi connectivity index (χ1) is 10.4. The van der Waals surface area contributed by atoms with Crippen LogP contribution in [0.5, 0.6) is 0 Å². The van der Waals surface area contributed by atoms with Gasteiger partial charge in [-0.2, -0.15) is 0 Å². The zero-order valence-electron chi connectivity index (χ0n) is 13.0. The molecule has 1 amide bonds. The highest BCUT2D eigenvalue weighted by molar-refractivity contribution is 6.00. The van der Waals surface area contributed by atoms with Gasteiger partial charge in [0.25, 0.3) is 5.91 Å². The zero-order chi connectivity index (χ0) is 16.4. The summed E-state index contributed by atoms with van der Waals surface area (Å²) in [6, 6.07) is 3.91. The summed E-state index contributed by atoms with van der Waals surface area (Å²) < 4.78 is 10.1. The van der Waals surface area contributed by atoms with Crippen molar-refractivity contribution >= 4 is 22.8 Å². The van der Waals surface area contributed by atoms with Crippen LogP contribution in [0, 0.1) is 20.8 Å². The normalized spacial score (nSPS) is 12.2. The van der Waals surface area contributed by atoms with E-state index in [1.165, 1.54) is 7.11 Å². The molecule has 2 N–H and O–H groups in total. The largest absolute Gasteiger partial charge is 0.467 e. The SMILES string of the molecule is COC(=O)[C@H](O)CNC(=O)c1oc2c(C)ccc(C)c2c1C. The summed E-state index contributed by atoms with van der Waals surface area (Å²) in [6.07, 6.45) is -1.40. The molecule has 1 atom stereocenters. The number of fused-ring (bicyclic) bond motifs is 1. The van der Waals surface area contributed by atoms with Crippen LogP contribution in [0.1, 0.15) is 27.2 Å². The molecule has 0 fully saturated rings. The van der Waals surface area contributed by atoms with Gasteiger partial charge in [-0.15, -0.1) is 0 Å². The van der Waals surface area contributed by atoms with Crippen molar-refractivity contribution in [2.75, 3.05) is 13.7 Å². The topological polar surface area (TPSA) is 88.8 Å². The Morgan fingerprint density at radius 2 is 1.91 bits per heavy atom. The fourth-order valence-corrected chi connectivity index (χ4v) is 2.38. The van der Waals surface area contributed by atoms with Crippen LogP contribution in [-0.2, 0) is 9.53 Å². The Labute approximate surface area is 128 Å². The number of esters is 1. The molecule has 22 heavy (non-hydrogen) atoms. The van der Waals surface area contributed by atoms with Gasteiger partial charge in [-0.3, -0.25) is 4.79 Å². The van der Waals surface area contributed by atoms with E-state index in [0.29, 0.717) is 5.58 Å². The van der Waals surface area contributed by atoms with Crippen molar-refractivity contribution in [1.82, 2.24) is 5.32 Å². The summed E-state index contributed by atoms with van der Waals surface area (Å²) >= 11 is 0. The van der Waals surface area contributed by atoms with Gasteiger partial charge in [0, 0.05) is 10.9 Å². The standard InChI is InChI=1S/C16H19NO5/c1-8-5-6-9(2)13-12(8)10(3)14(22-13)15(19)17-7-11(18)16(20)21-4/h5-6,11,18H,7H2,1-4H3,(H,17,19)/t11-/m1/s1. The number of aryl methyl sites for hydroxylation is 3. The molecule has 0 saturated carbocycles. The van der Waals surface area contributed by atoms with Gasteiger partial charge in [0.1, 0.15) is 5.58 Å². The summed E-state index contributed by atoms with van der Waals surface area (Å²) in [5.41, 5.74) is 3.38. The number of hydrogen-bond donors (Lipinski definition) is 2. The monoisotopic (exact) mass is 305 g/mol. The second kappa shape index (κ2) is 6.19. The molecular weight excluding hydrogens is 286 g/mol. The first-order valence-corrected chi connectivity index (χ1v) is 6.90. The maximum atomic E-state index is 12.2. The van der Waals surface area contributed by atoms with Gasteiger partial charge >= 0.3 is 5.97 Å².